The van der Waals surface area contributed by atoms with Crippen molar-refractivity contribution in [2.24, 2.45) is 0 Å². The van der Waals surface area contributed by atoms with E-state index < -0.39 is 0 Å². The molecule has 0 bridgehead atoms. The summed E-state index contributed by atoms with van der Waals surface area (Å²) in [7, 11) is 0. The molecule has 1 unspecified atom stereocenters. The van der Waals surface area contributed by atoms with Crippen molar-refractivity contribution < 1.29 is 9.47 Å². The Morgan fingerprint density at radius 2 is 1.95 bits per heavy atom. The third-order valence-electron chi connectivity index (χ3n) is 4.82. The van der Waals surface area contributed by atoms with E-state index in [4.69, 9.17) is 14.5 Å². The van der Waals surface area contributed by atoms with Crippen LogP contribution in [0.15, 0.2) is 18.2 Å². The van der Waals surface area contributed by atoms with Crippen LogP contribution in [0.2, 0.25) is 0 Å². The van der Waals surface area contributed by atoms with Crippen LogP contribution in [0.5, 0.6) is 5.88 Å². The molecule has 0 radical (unpaired) electrons. The normalized spacial score (nSPS) is 26.9. The lowest BCUT2D eigenvalue weighted by atomic mass is 10.2. The van der Waals surface area contributed by atoms with Gasteiger partial charge in [-0.3, -0.25) is 4.90 Å². The maximum Gasteiger partial charge on any atom is 0.215 e. The highest BCUT2D eigenvalue weighted by atomic mass is 16.5. The van der Waals surface area contributed by atoms with E-state index in [0.717, 1.165) is 63.4 Å². The smallest absolute Gasteiger partial charge is 0.215 e. The molecule has 1 aromatic heterocycles. The largest absolute Gasteiger partial charge is 0.472 e. The van der Waals surface area contributed by atoms with E-state index in [0.29, 0.717) is 6.61 Å². The van der Waals surface area contributed by atoms with E-state index in [1.54, 1.807) is 0 Å². The molecule has 0 aromatic carbocycles. The van der Waals surface area contributed by atoms with E-state index in [1.807, 2.05) is 6.07 Å². The van der Waals surface area contributed by atoms with Crippen LogP contribution in [-0.4, -0.2) is 61.4 Å². The number of nitrogens with zero attached hydrogens (tertiary/aromatic N) is 3. The average Bonchev–Trinajstić information content (AvgIpc) is 3.41. The minimum Gasteiger partial charge on any atom is -0.472 e. The van der Waals surface area contributed by atoms with Crippen molar-refractivity contribution in [3.63, 3.8) is 0 Å². The van der Waals surface area contributed by atoms with Crippen molar-refractivity contribution in [3.05, 3.63) is 18.2 Å². The summed E-state index contributed by atoms with van der Waals surface area (Å²) in [5, 5.41) is 0. The number of hydrogen-bond acceptors (Lipinski definition) is 5. The lowest BCUT2D eigenvalue weighted by Gasteiger charge is -2.35. The second-order valence-electron chi connectivity index (χ2n) is 6.55. The fourth-order valence-electron chi connectivity index (χ4n) is 3.38. The molecule has 3 fully saturated rings. The van der Waals surface area contributed by atoms with Gasteiger partial charge in [-0.1, -0.05) is 6.07 Å². The van der Waals surface area contributed by atoms with Crippen molar-refractivity contribution in [1.82, 2.24) is 9.88 Å². The molecule has 1 saturated carbocycles. The lowest BCUT2D eigenvalue weighted by Crippen LogP contribution is -2.47. The summed E-state index contributed by atoms with van der Waals surface area (Å²) in [4.78, 5) is 9.71. The lowest BCUT2D eigenvalue weighted by molar-refractivity contribution is 0.00553. The van der Waals surface area contributed by atoms with Gasteiger partial charge in [0.2, 0.25) is 5.88 Å². The van der Waals surface area contributed by atoms with Crippen molar-refractivity contribution in [1.29, 1.82) is 0 Å². The topological polar surface area (TPSA) is 37.8 Å². The SMILES string of the molecule is c1cc(OC2CCCOC2)nc(N2CCN(C3CC3)CC2)c1. The average molecular weight is 303 g/mol. The monoisotopic (exact) mass is 303 g/mol. The van der Waals surface area contributed by atoms with Gasteiger partial charge in [0.1, 0.15) is 11.9 Å². The van der Waals surface area contributed by atoms with Gasteiger partial charge in [-0.2, -0.15) is 4.98 Å². The summed E-state index contributed by atoms with van der Waals surface area (Å²) in [5.74, 6) is 1.78. The molecule has 0 amide bonds. The molecular formula is C17H25N3O2. The molecule has 5 nitrogen and oxygen atoms in total. The van der Waals surface area contributed by atoms with E-state index in [9.17, 15) is 0 Å². The fraction of sp³-hybridized carbons (Fsp3) is 0.706. The van der Waals surface area contributed by atoms with Crippen LogP contribution in [0.1, 0.15) is 25.7 Å². The number of ether oxygens (including phenoxy) is 2. The van der Waals surface area contributed by atoms with E-state index in [-0.39, 0.29) is 6.10 Å². The number of piperazine rings is 1. The van der Waals surface area contributed by atoms with Gasteiger partial charge in [0.05, 0.1) is 6.61 Å². The first-order chi connectivity index (χ1) is 10.9. The van der Waals surface area contributed by atoms with Crippen LogP contribution in [-0.2, 0) is 4.74 Å². The Bertz CT molecular complexity index is 492. The Hall–Kier alpha value is -1.33. The quantitative estimate of drug-likeness (QED) is 0.849. The Labute approximate surface area is 132 Å². The molecular weight excluding hydrogens is 278 g/mol. The first-order valence-electron chi connectivity index (χ1n) is 8.59. The Morgan fingerprint density at radius 1 is 1.09 bits per heavy atom. The number of rotatable bonds is 4. The molecule has 5 heteroatoms. The number of pyridine rings is 1. The zero-order valence-corrected chi connectivity index (χ0v) is 13.1. The second-order valence-corrected chi connectivity index (χ2v) is 6.55. The maximum atomic E-state index is 5.98. The van der Waals surface area contributed by atoms with Crippen LogP contribution in [0, 0.1) is 0 Å². The highest BCUT2D eigenvalue weighted by Gasteiger charge is 2.31. The third kappa shape index (κ3) is 3.36. The highest BCUT2D eigenvalue weighted by Crippen LogP contribution is 2.28. The van der Waals surface area contributed by atoms with E-state index in [2.05, 4.69) is 21.9 Å². The first kappa shape index (κ1) is 14.3. The summed E-state index contributed by atoms with van der Waals surface area (Å²) in [5.41, 5.74) is 0. The molecule has 1 aromatic rings. The summed E-state index contributed by atoms with van der Waals surface area (Å²) in [6.45, 7) is 6.01. The molecule has 2 aliphatic heterocycles. The van der Waals surface area contributed by atoms with Crippen LogP contribution < -0.4 is 9.64 Å². The molecule has 2 saturated heterocycles. The third-order valence-corrected chi connectivity index (χ3v) is 4.82. The van der Waals surface area contributed by atoms with E-state index >= 15 is 0 Å². The Balaban J connectivity index is 1.36. The van der Waals surface area contributed by atoms with Crippen molar-refractivity contribution >= 4 is 5.82 Å². The summed E-state index contributed by atoms with van der Waals surface area (Å²) in [6, 6.07) is 6.97. The molecule has 0 N–H and O–H groups in total. The minimum absolute atomic E-state index is 0.156. The molecule has 22 heavy (non-hydrogen) atoms. The molecule has 3 aliphatic rings. The molecule has 1 atom stereocenters. The van der Waals surface area contributed by atoms with Crippen LogP contribution in [0.4, 0.5) is 5.82 Å². The summed E-state index contributed by atoms with van der Waals surface area (Å²) >= 11 is 0. The van der Waals surface area contributed by atoms with Crippen LogP contribution >= 0.6 is 0 Å². The van der Waals surface area contributed by atoms with Gasteiger partial charge in [-0.25, -0.2) is 0 Å². The predicted molar refractivity (Wildman–Crippen MR) is 85.5 cm³/mol. The molecule has 0 spiro atoms. The summed E-state index contributed by atoms with van der Waals surface area (Å²) < 4.78 is 11.5. The fourth-order valence-corrected chi connectivity index (χ4v) is 3.38. The van der Waals surface area contributed by atoms with Gasteiger partial charge in [-0.15, -0.1) is 0 Å². The van der Waals surface area contributed by atoms with Crippen molar-refractivity contribution in [3.8, 4) is 5.88 Å². The Kier molecular flexibility index (Phi) is 4.17. The number of anilines is 1. The molecule has 1 aliphatic carbocycles. The van der Waals surface area contributed by atoms with Gasteiger partial charge >= 0.3 is 0 Å². The zero-order chi connectivity index (χ0) is 14.8. The predicted octanol–water partition coefficient (Wildman–Crippen LogP) is 1.92. The highest BCUT2D eigenvalue weighted by molar-refractivity contribution is 5.41. The maximum absolute atomic E-state index is 5.98. The van der Waals surface area contributed by atoms with Gasteiger partial charge < -0.3 is 14.4 Å². The van der Waals surface area contributed by atoms with Crippen molar-refractivity contribution in [2.75, 3.05) is 44.3 Å². The number of hydrogen-bond donors (Lipinski definition) is 0. The second kappa shape index (κ2) is 6.42. The summed E-state index contributed by atoms with van der Waals surface area (Å²) in [6.07, 6.45) is 5.08. The van der Waals surface area contributed by atoms with E-state index in [1.165, 1.54) is 12.8 Å². The van der Waals surface area contributed by atoms with Crippen molar-refractivity contribution in [2.45, 2.75) is 37.8 Å². The standard InChI is InChI=1S/C17H25N3O2/c1-4-16(20-10-8-19(9-11-20)14-6-7-14)18-17(5-1)22-15-3-2-12-21-13-15/h1,4-5,14-15H,2-3,6-13H2. The first-order valence-corrected chi connectivity index (χ1v) is 8.59. The van der Waals surface area contributed by atoms with Gasteiger partial charge in [-0.05, 0) is 31.7 Å². The van der Waals surface area contributed by atoms with Crippen LogP contribution in [0.3, 0.4) is 0 Å². The van der Waals surface area contributed by atoms with Gasteiger partial charge in [0.15, 0.2) is 0 Å². The van der Waals surface area contributed by atoms with Gasteiger partial charge in [0.25, 0.3) is 0 Å². The van der Waals surface area contributed by atoms with Crippen LogP contribution in [0.25, 0.3) is 0 Å². The molecule has 4 rings (SSSR count). The van der Waals surface area contributed by atoms with Gasteiger partial charge in [0, 0.05) is 44.9 Å². The molecule has 3 heterocycles. The molecule has 120 valence electrons. The number of aromatic nitrogens is 1. The zero-order valence-electron chi connectivity index (χ0n) is 13.1. The Morgan fingerprint density at radius 3 is 2.68 bits per heavy atom. The minimum atomic E-state index is 0.156.